The number of fused-ring (bicyclic) bond motifs is 1. The SMILES string of the molecule is CC1(C)CC(C)(C)c2c1ccc(N)c2N. The third-order valence-electron chi connectivity index (χ3n) is 3.57. The van der Waals surface area contributed by atoms with Crippen LogP contribution in [0.25, 0.3) is 0 Å². The highest BCUT2D eigenvalue weighted by atomic mass is 14.7. The van der Waals surface area contributed by atoms with Gasteiger partial charge in [-0.1, -0.05) is 33.8 Å². The molecule has 0 unspecified atom stereocenters. The standard InChI is InChI=1S/C13H20N2/c1-12(2)7-13(3,4)10-8(12)5-6-9(14)11(10)15/h5-6H,7,14-15H2,1-4H3. The molecule has 15 heavy (non-hydrogen) atoms. The topological polar surface area (TPSA) is 52.0 Å². The van der Waals surface area contributed by atoms with Gasteiger partial charge < -0.3 is 11.5 Å². The van der Waals surface area contributed by atoms with Crippen molar-refractivity contribution in [1.29, 1.82) is 0 Å². The van der Waals surface area contributed by atoms with Gasteiger partial charge in [0, 0.05) is 0 Å². The van der Waals surface area contributed by atoms with Crippen LogP contribution in [-0.2, 0) is 10.8 Å². The Hall–Kier alpha value is -1.18. The zero-order valence-electron chi connectivity index (χ0n) is 10.0. The summed E-state index contributed by atoms with van der Waals surface area (Å²) in [6.45, 7) is 9.04. The van der Waals surface area contributed by atoms with E-state index >= 15 is 0 Å². The molecule has 2 heteroatoms. The molecule has 0 aliphatic heterocycles. The summed E-state index contributed by atoms with van der Waals surface area (Å²) >= 11 is 0. The molecule has 1 aromatic carbocycles. The maximum Gasteiger partial charge on any atom is 0.0588 e. The van der Waals surface area contributed by atoms with Gasteiger partial charge in [0.15, 0.2) is 0 Å². The lowest BCUT2D eigenvalue weighted by Gasteiger charge is -2.23. The largest absolute Gasteiger partial charge is 0.397 e. The Kier molecular flexibility index (Phi) is 1.85. The van der Waals surface area contributed by atoms with Gasteiger partial charge in [-0.15, -0.1) is 0 Å². The van der Waals surface area contributed by atoms with Crippen LogP contribution in [0.5, 0.6) is 0 Å². The van der Waals surface area contributed by atoms with E-state index in [2.05, 4.69) is 33.8 Å². The zero-order chi connectivity index (χ0) is 11.4. The molecule has 0 fully saturated rings. The van der Waals surface area contributed by atoms with E-state index in [4.69, 9.17) is 11.5 Å². The molecule has 82 valence electrons. The highest BCUT2D eigenvalue weighted by Gasteiger charge is 2.43. The molecule has 0 saturated heterocycles. The monoisotopic (exact) mass is 204 g/mol. The molecule has 2 nitrogen and oxygen atoms in total. The van der Waals surface area contributed by atoms with Gasteiger partial charge in [0.2, 0.25) is 0 Å². The number of benzene rings is 1. The minimum absolute atomic E-state index is 0.137. The van der Waals surface area contributed by atoms with E-state index < -0.39 is 0 Å². The van der Waals surface area contributed by atoms with Crippen LogP contribution in [0.4, 0.5) is 11.4 Å². The van der Waals surface area contributed by atoms with Crippen LogP contribution in [0.1, 0.15) is 45.2 Å². The van der Waals surface area contributed by atoms with E-state index in [-0.39, 0.29) is 10.8 Å². The first kappa shape index (κ1) is 10.3. The Bertz CT molecular complexity index is 417. The summed E-state index contributed by atoms with van der Waals surface area (Å²) in [6.07, 6.45) is 1.13. The molecule has 0 aromatic heterocycles. The minimum atomic E-state index is 0.137. The Morgan fingerprint density at radius 2 is 1.60 bits per heavy atom. The van der Waals surface area contributed by atoms with E-state index in [1.54, 1.807) is 0 Å². The average Bonchev–Trinajstić information content (AvgIpc) is 2.24. The fourth-order valence-corrected chi connectivity index (χ4v) is 3.22. The molecule has 1 aromatic rings. The zero-order valence-corrected chi connectivity index (χ0v) is 10.0. The molecule has 1 aliphatic carbocycles. The van der Waals surface area contributed by atoms with E-state index in [0.717, 1.165) is 12.1 Å². The average molecular weight is 204 g/mol. The third-order valence-corrected chi connectivity index (χ3v) is 3.57. The lowest BCUT2D eigenvalue weighted by atomic mass is 9.81. The van der Waals surface area contributed by atoms with E-state index in [9.17, 15) is 0 Å². The fraction of sp³-hybridized carbons (Fsp3) is 0.538. The minimum Gasteiger partial charge on any atom is -0.397 e. The molecule has 1 aliphatic rings. The molecule has 0 bridgehead atoms. The Labute approximate surface area is 91.7 Å². The predicted molar refractivity (Wildman–Crippen MR) is 65.9 cm³/mol. The normalized spacial score (nSPS) is 21.3. The molecule has 0 heterocycles. The van der Waals surface area contributed by atoms with E-state index in [1.807, 2.05) is 6.07 Å². The van der Waals surface area contributed by atoms with Gasteiger partial charge in [-0.2, -0.15) is 0 Å². The van der Waals surface area contributed by atoms with E-state index in [1.165, 1.54) is 11.1 Å². The predicted octanol–water partition coefficient (Wildman–Crippen LogP) is 2.81. The first-order valence-electron chi connectivity index (χ1n) is 5.45. The quantitative estimate of drug-likeness (QED) is 0.638. The lowest BCUT2D eigenvalue weighted by Crippen LogP contribution is -2.18. The van der Waals surface area contributed by atoms with Crippen LogP contribution < -0.4 is 11.5 Å². The summed E-state index contributed by atoms with van der Waals surface area (Å²) < 4.78 is 0. The second-order valence-electron chi connectivity index (χ2n) is 5.94. The van der Waals surface area contributed by atoms with Crippen molar-refractivity contribution in [2.45, 2.75) is 44.9 Å². The van der Waals surface area contributed by atoms with Crippen LogP contribution in [0.15, 0.2) is 12.1 Å². The molecule has 0 atom stereocenters. The molecule has 0 amide bonds. The first-order valence-corrected chi connectivity index (χ1v) is 5.45. The number of hydrogen-bond acceptors (Lipinski definition) is 2. The summed E-state index contributed by atoms with van der Waals surface area (Å²) in [5.74, 6) is 0. The maximum atomic E-state index is 6.11. The molecule has 4 N–H and O–H groups in total. The van der Waals surface area contributed by atoms with Crippen molar-refractivity contribution in [3.05, 3.63) is 23.3 Å². The van der Waals surface area contributed by atoms with Crippen LogP contribution in [-0.4, -0.2) is 0 Å². The number of nitrogens with two attached hydrogens (primary N) is 2. The first-order chi connectivity index (χ1) is 6.76. The van der Waals surface area contributed by atoms with Gasteiger partial charge in [-0.3, -0.25) is 0 Å². The molecular weight excluding hydrogens is 184 g/mol. The fourth-order valence-electron chi connectivity index (χ4n) is 3.22. The maximum absolute atomic E-state index is 6.11. The van der Waals surface area contributed by atoms with Crippen molar-refractivity contribution in [2.75, 3.05) is 11.5 Å². The van der Waals surface area contributed by atoms with Crippen molar-refractivity contribution >= 4 is 11.4 Å². The number of hydrogen-bond donors (Lipinski definition) is 2. The van der Waals surface area contributed by atoms with Crippen molar-refractivity contribution < 1.29 is 0 Å². The van der Waals surface area contributed by atoms with Gasteiger partial charge in [-0.25, -0.2) is 0 Å². The second kappa shape index (κ2) is 2.69. The highest BCUT2D eigenvalue weighted by Crippen LogP contribution is 2.52. The van der Waals surface area contributed by atoms with Crippen molar-refractivity contribution in [3.63, 3.8) is 0 Å². The molecule has 0 saturated carbocycles. The van der Waals surface area contributed by atoms with E-state index in [0.29, 0.717) is 5.69 Å². The van der Waals surface area contributed by atoms with Crippen molar-refractivity contribution in [1.82, 2.24) is 0 Å². The summed E-state index contributed by atoms with van der Waals surface area (Å²) in [6, 6.07) is 4.06. The van der Waals surface area contributed by atoms with Gasteiger partial charge in [-0.05, 0) is 34.4 Å². The Morgan fingerprint density at radius 1 is 1.00 bits per heavy atom. The van der Waals surface area contributed by atoms with Gasteiger partial charge in [0.25, 0.3) is 0 Å². The summed E-state index contributed by atoms with van der Waals surface area (Å²) in [7, 11) is 0. The summed E-state index contributed by atoms with van der Waals surface area (Å²) in [5.41, 5.74) is 16.4. The third kappa shape index (κ3) is 1.31. The highest BCUT2D eigenvalue weighted by molar-refractivity contribution is 5.73. The summed E-state index contributed by atoms with van der Waals surface area (Å²) in [4.78, 5) is 0. The Morgan fingerprint density at radius 3 is 2.20 bits per heavy atom. The second-order valence-corrected chi connectivity index (χ2v) is 5.94. The van der Waals surface area contributed by atoms with Crippen LogP contribution >= 0.6 is 0 Å². The Balaban J connectivity index is 2.76. The lowest BCUT2D eigenvalue weighted by molar-refractivity contribution is 0.403. The molecule has 0 spiro atoms. The number of nitrogen functional groups attached to an aromatic ring is 2. The van der Waals surface area contributed by atoms with Gasteiger partial charge in [0.05, 0.1) is 11.4 Å². The van der Waals surface area contributed by atoms with Crippen LogP contribution in [0, 0.1) is 0 Å². The summed E-state index contributed by atoms with van der Waals surface area (Å²) in [5, 5.41) is 0. The molecule has 2 rings (SSSR count). The van der Waals surface area contributed by atoms with Crippen LogP contribution in [0.3, 0.4) is 0 Å². The van der Waals surface area contributed by atoms with Gasteiger partial charge in [0.1, 0.15) is 0 Å². The molecular formula is C13H20N2. The van der Waals surface area contributed by atoms with Gasteiger partial charge >= 0.3 is 0 Å². The van der Waals surface area contributed by atoms with Crippen LogP contribution in [0.2, 0.25) is 0 Å². The van der Waals surface area contributed by atoms with Crippen molar-refractivity contribution in [3.8, 4) is 0 Å². The van der Waals surface area contributed by atoms with Crippen molar-refractivity contribution in [2.24, 2.45) is 0 Å². The number of anilines is 2. The number of rotatable bonds is 0. The molecule has 0 radical (unpaired) electrons. The smallest absolute Gasteiger partial charge is 0.0588 e.